The monoisotopic (exact) mass is 191 g/mol. The molecule has 66 valence electrons. The maximum absolute atomic E-state index is 5.78. The topological polar surface area (TPSA) is 54.7 Å². The summed E-state index contributed by atoms with van der Waals surface area (Å²) in [5.41, 5.74) is 7.40. The van der Waals surface area contributed by atoms with E-state index in [-0.39, 0.29) is 0 Å². The normalized spacial score (nSPS) is 10.5. The highest BCUT2D eigenvalue weighted by molar-refractivity contribution is 7.71. The summed E-state index contributed by atoms with van der Waals surface area (Å²) in [5, 5.41) is 0.836. The number of nitrogens with one attached hydrogen (secondary N) is 1. The molecule has 0 unspecified atom stereocenters. The van der Waals surface area contributed by atoms with Crippen LogP contribution in [-0.2, 0) is 0 Å². The maximum atomic E-state index is 5.78. The molecule has 0 bridgehead atoms. The van der Waals surface area contributed by atoms with Crippen LogP contribution in [0, 0.1) is 11.6 Å². The molecule has 1 aromatic carbocycles. The number of nitrogen functional groups attached to an aromatic ring is 1. The van der Waals surface area contributed by atoms with Gasteiger partial charge in [-0.1, -0.05) is 18.3 Å². The van der Waals surface area contributed by atoms with Crippen molar-refractivity contribution >= 4 is 28.8 Å². The molecule has 0 fully saturated rings. The molecule has 0 amide bonds. The van der Waals surface area contributed by atoms with Gasteiger partial charge in [0.05, 0.1) is 10.9 Å². The van der Waals surface area contributed by atoms with E-state index in [9.17, 15) is 0 Å². The largest absolute Gasteiger partial charge is 0.398 e. The summed E-state index contributed by atoms with van der Waals surface area (Å²) in [7, 11) is 0. The predicted molar refractivity (Wildman–Crippen MR) is 56.1 cm³/mol. The number of aryl methyl sites for hydroxylation is 1. The number of nitrogens with zero attached hydrogens (tertiary/aromatic N) is 1. The van der Waals surface area contributed by atoms with Crippen LogP contribution in [0.15, 0.2) is 18.2 Å². The molecule has 0 atom stereocenters. The number of rotatable bonds is 0. The summed E-state index contributed by atoms with van der Waals surface area (Å²) in [4.78, 5) is 7.26. The fraction of sp³-hybridized carbons (Fsp3) is 0.111. The van der Waals surface area contributed by atoms with Gasteiger partial charge in [0.2, 0.25) is 0 Å². The second-order valence-electron chi connectivity index (χ2n) is 2.90. The van der Waals surface area contributed by atoms with E-state index in [1.165, 1.54) is 0 Å². The van der Waals surface area contributed by atoms with Gasteiger partial charge in [0.25, 0.3) is 0 Å². The molecule has 0 aliphatic heterocycles. The summed E-state index contributed by atoms with van der Waals surface area (Å²) in [6.45, 7) is 1.87. The molecule has 3 nitrogen and oxygen atoms in total. The first-order valence-electron chi connectivity index (χ1n) is 3.93. The molecule has 1 heterocycles. The Morgan fingerprint density at radius 3 is 3.00 bits per heavy atom. The standard InChI is InChI=1S/C9H9N3S/c1-5-11-7-4-2-3-6(10)8(7)9(13)12-5/h2-4H,10H2,1H3,(H,11,12,13). The molecule has 2 aromatic rings. The number of H-pyrrole nitrogens is 1. The zero-order valence-corrected chi connectivity index (χ0v) is 7.98. The second-order valence-corrected chi connectivity index (χ2v) is 3.28. The lowest BCUT2D eigenvalue weighted by Gasteiger charge is -2.02. The third kappa shape index (κ3) is 1.29. The number of nitrogens with two attached hydrogens (primary N) is 1. The van der Waals surface area contributed by atoms with Crippen molar-refractivity contribution in [1.82, 2.24) is 9.97 Å². The van der Waals surface area contributed by atoms with E-state index in [1.54, 1.807) is 0 Å². The zero-order chi connectivity index (χ0) is 9.42. The Morgan fingerprint density at radius 1 is 1.46 bits per heavy atom. The Hall–Kier alpha value is -1.42. The summed E-state index contributed by atoms with van der Waals surface area (Å²) in [6.07, 6.45) is 0. The minimum atomic E-state index is 0.560. The first-order chi connectivity index (χ1) is 6.18. The average Bonchev–Trinajstić information content (AvgIpc) is 2.02. The minimum absolute atomic E-state index is 0.560. The van der Waals surface area contributed by atoms with Gasteiger partial charge in [0.15, 0.2) is 0 Å². The van der Waals surface area contributed by atoms with Crippen LogP contribution >= 0.6 is 12.2 Å². The van der Waals surface area contributed by atoms with Crippen LogP contribution in [0.5, 0.6) is 0 Å². The number of benzene rings is 1. The van der Waals surface area contributed by atoms with Gasteiger partial charge in [-0.25, -0.2) is 4.98 Å². The molecule has 0 aliphatic carbocycles. The van der Waals surface area contributed by atoms with Crippen LogP contribution in [0.3, 0.4) is 0 Å². The van der Waals surface area contributed by atoms with Crippen LogP contribution in [-0.4, -0.2) is 9.97 Å². The van der Waals surface area contributed by atoms with Gasteiger partial charge in [-0.3, -0.25) is 0 Å². The van der Waals surface area contributed by atoms with E-state index < -0.39 is 0 Å². The lowest BCUT2D eigenvalue weighted by atomic mass is 10.2. The number of anilines is 1. The Bertz CT molecular complexity index is 516. The summed E-state index contributed by atoms with van der Waals surface area (Å²) in [5.74, 6) is 0.808. The van der Waals surface area contributed by atoms with Crippen molar-refractivity contribution in [3.8, 4) is 0 Å². The predicted octanol–water partition coefficient (Wildman–Crippen LogP) is 2.18. The van der Waals surface area contributed by atoms with E-state index in [2.05, 4.69) is 9.97 Å². The summed E-state index contributed by atoms with van der Waals surface area (Å²) < 4.78 is 0.560. The van der Waals surface area contributed by atoms with Gasteiger partial charge < -0.3 is 10.7 Å². The van der Waals surface area contributed by atoms with Crippen molar-refractivity contribution in [3.05, 3.63) is 28.7 Å². The molecule has 2 rings (SSSR count). The van der Waals surface area contributed by atoms with E-state index in [0.717, 1.165) is 16.7 Å². The number of aromatic nitrogens is 2. The molecule has 0 saturated heterocycles. The lowest BCUT2D eigenvalue weighted by molar-refractivity contribution is 1.08. The van der Waals surface area contributed by atoms with Crippen LogP contribution in [0.1, 0.15) is 5.82 Å². The zero-order valence-electron chi connectivity index (χ0n) is 7.16. The number of hydrogen-bond donors (Lipinski definition) is 2. The molecule has 3 N–H and O–H groups in total. The van der Waals surface area contributed by atoms with Crippen LogP contribution in [0.25, 0.3) is 10.9 Å². The van der Waals surface area contributed by atoms with Gasteiger partial charge in [0.1, 0.15) is 10.5 Å². The van der Waals surface area contributed by atoms with Crippen LogP contribution in [0.4, 0.5) is 5.69 Å². The lowest BCUT2D eigenvalue weighted by Crippen LogP contribution is -1.93. The Kier molecular flexibility index (Phi) is 1.77. The van der Waals surface area contributed by atoms with Gasteiger partial charge in [-0.2, -0.15) is 0 Å². The maximum Gasteiger partial charge on any atom is 0.139 e. The first kappa shape index (κ1) is 8.19. The Balaban J connectivity index is 3.03. The third-order valence-corrected chi connectivity index (χ3v) is 2.19. The van der Waals surface area contributed by atoms with Gasteiger partial charge >= 0.3 is 0 Å². The minimum Gasteiger partial charge on any atom is -0.398 e. The second kappa shape index (κ2) is 2.81. The first-order valence-corrected chi connectivity index (χ1v) is 4.34. The smallest absolute Gasteiger partial charge is 0.139 e. The third-order valence-electron chi connectivity index (χ3n) is 1.90. The molecular weight excluding hydrogens is 182 g/mol. The molecule has 0 saturated carbocycles. The van der Waals surface area contributed by atoms with Crippen molar-refractivity contribution in [3.63, 3.8) is 0 Å². The molecular formula is C9H9N3S. The fourth-order valence-corrected chi connectivity index (χ4v) is 1.71. The summed E-state index contributed by atoms with van der Waals surface area (Å²) >= 11 is 5.12. The highest BCUT2D eigenvalue weighted by Crippen LogP contribution is 2.19. The van der Waals surface area contributed by atoms with Crippen LogP contribution < -0.4 is 5.73 Å². The highest BCUT2D eigenvalue weighted by Gasteiger charge is 2.00. The molecule has 0 aliphatic rings. The highest BCUT2D eigenvalue weighted by atomic mass is 32.1. The number of hydrogen-bond acceptors (Lipinski definition) is 3. The van der Waals surface area contributed by atoms with Crippen molar-refractivity contribution in [2.75, 3.05) is 5.73 Å². The molecule has 4 heteroatoms. The SMILES string of the molecule is Cc1nc(=S)c2c(N)cccc2[nH]1. The van der Waals surface area contributed by atoms with Crippen molar-refractivity contribution in [2.24, 2.45) is 0 Å². The molecule has 0 radical (unpaired) electrons. The van der Waals surface area contributed by atoms with Crippen LogP contribution in [0.2, 0.25) is 0 Å². The molecule has 0 spiro atoms. The van der Waals surface area contributed by atoms with Crippen molar-refractivity contribution < 1.29 is 0 Å². The quantitative estimate of drug-likeness (QED) is 0.495. The average molecular weight is 191 g/mol. The van der Waals surface area contributed by atoms with Crippen molar-refractivity contribution in [2.45, 2.75) is 6.92 Å². The van der Waals surface area contributed by atoms with E-state index in [4.69, 9.17) is 18.0 Å². The van der Waals surface area contributed by atoms with Crippen molar-refractivity contribution in [1.29, 1.82) is 0 Å². The Labute approximate surface area is 80.6 Å². The van der Waals surface area contributed by atoms with Gasteiger partial charge in [-0.15, -0.1) is 0 Å². The summed E-state index contributed by atoms with van der Waals surface area (Å²) in [6, 6.07) is 5.65. The van der Waals surface area contributed by atoms with E-state index >= 15 is 0 Å². The van der Waals surface area contributed by atoms with E-state index in [0.29, 0.717) is 10.3 Å². The number of aromatic amines is 1. The van der Waals surface area contributed by atoms with Gasteiger partial charge in [-0.05, 0) is 19.1 Å². The molecule has 1 aromatic heterocycles. The Morgan fingerprint density at radius 2 is 2.23 bits per heavy atom. The van der Waals surface area contributed by atoms with Gasteiger partial charge in [0, 0.05) is 5.69 Å². The molecule has 13 heavy (non-hydrogen) atoms. The number of fused-ring (bicyclic) bond motifs is 1. The fourth-order valence-electron chi connectivity index (χ4n) is 1.34. The van der Waals surface area contributed by atoms with E-state index in [1.807, 2.05) is 25.1 Å².